The highest BCUT2D eigenvalue weighted by atomic mass is 32.2. The molecule has 0 saturated heterocycles. The molecule has 0 radical (unpaired) electrons. The van der Waals surface area contributed by atoms with Crippen molar-refractivity contribution in [2.24, 2.45) is 0 Å². The lowest BCUT2D eigenvalue weighted by molar-refractivity contribution is 0.0526. The molecule has 0 bridgehead atoms. The van der Waals surface area contributed by atoms with Crippen LogP contribution in [0.15, 0.2) is 53.4 Å². The van der Waals surface area contributed by atoms with Gasteiger partial charge < -0.3 is 10.1 Å². The molecule has 0 aliphatic heterocycles. The lowest BCUT2D eigenvalue weighted by atomic mass is 10.2. The SMILES string of the molecule is CCOC(=O)c1ccc(NC(=O)c2cccc(S(=O)(=O)NC3CC3)c2)cc1. The molecule has 0 aromatic heterocycles. The summed E-state index contributed by atoms with van der Waals surface area (Å²) in [6.07, 6.45) is 1.67. The second-order valence-corrected chi connectivity index (χ2v) is 7.89. The molecule has 2 aromatic rings. The Bertz CT molecular complexity index is 950. The molecule has 0 unspecified atom stereocenters. The third kappa shape index (κ3) is 4.93. The summed E-state index contributed by atoms with van der Waals surface area (Å²) in [6, 6.07) is 12.1. The normalized spacial score (nSPS) is 13.8. The Morgan fingerprint density at radius 3 is 2.41 bits per heavy atom. The summed E-state index contributed by atoms with van der Waals surface area (Å²) in [6.45, 7) is 2.01. The molecule has 27 heavy (non-hydrogen) atoms. The van der Waals surface area contributed by atoms with Gasteiger partial charge in [0.1, 0.15) is 0 Å². The van der Waals surface area contributed by atoms with Crippen LogP contribution in [0.1, 0.15) is 40.5 Å². The van der Waals surface area contributed by atoms with Crippen molar-refractivity contribution in [2.45, 2.75) is 30.7 Å². The number of amides is 1. The smallest absolute Gasteiger partial charge is 0.338 e. The van der Waals surface area contributed by atoms with E-state index in [2.05, 4.69) is 10.0 Å². The van der Waals surface area contributed by atoms with Crippen LogP contribution in [0.4, 0.5) is 5.69 Å². The fourth-order valence-electron chi connectivity index (χ4n) is 2.40. The minimum atomic E-state index is -3.63. The zero-order chi connectivity index (χ0) is 19.4. The van der Waals surface area contributed by atoms with Crippen LogP contribution in [0.3, 0.4) is 0 Å². The van der Waals surface area contributed by atoms with Crippen LogP contribution in [-0.2, 0) is 14.8 Å². The maximum absolute atomic E-state index is 12.4. The van der Waals surface area contributed by atoms with Crippen LogP contribution in [0, 0.1) is 0 Å². The summed E-state index contributed by atoms with van der Waals surface area (Å²) < 4.78 is 32.1. The second kappa shape index (κ2) is 7.89. The zero-order valence-corrected chi connectivity index (χ0v) is 15.6. The number of carbonyl (C=O) groups excluding carboxylic acids is 2. The largest absolute Gasteiger partial charge is 0.462 e. The fraction of sp³-hybridized carbons (Fsp3) is 0.263. The molecule has 0 spiro atoms. The summed E-state index contributed by atoms with van der Waals surface area (Å²) >= 11 is 0. The fourth-order valence-corrected chi connectivity index (χ4v) is 3.75. The van der Waals surface area contributed by atoms with Crippen LogP contribution in [-0.4, -0.2) is 32.9 Å². The molecule has 142 valence electrons. The van der Waals surface area contributed by atoms with E-state index in [-0.39, 0.29) is 23.1 Å². The van der Waals surface area contributed by atoms with E-state index in [4.69, 9.17) is 4.74 Å². The van der Waals surface area contributed by atoms with Crippen molar-refractivity contribution in [3.8, 4) is 0 Å². The first kappa shape index (κ1) is 19.1. The number of nitrogens with one attached hydrogen (secondary N) is 2. The van der Waals surface area contributed by atoms with E-state index in [0.29, 0.717) is 11.3 Å². The van der Waals surface area contributed by atoms with E-state index in [9.17, 15) is 18.0 Å². The summed E-state index contributed by atoms with van der Waals surface area (Å²) in [5, 5.41) is 2.68. The molecule has 1 amide bonds. The Balaban J connectivity index is 1.71. The molecule has 2 aromatic carbocycles. The summed E-state index contributed by atoms with van der Waals surface area (Å²) in [4.78, 5) is 24.1. The second-order valence-electron chi connectivity index (χ2n) is 6.18. The number of sulfonamides is 1. The summed E-state index contributed by atoms with van der Waals surface area (Å²) in [5.41, 5.74) is 1.09. The number of rotatable bonds is 7. The standard InChI is InChI=1S/C19H20N2O5S/c1-2-26-19(23)13-6-8-15(9-7-13)20-18(22)14-4-3-5-17(12-14)27(24,25)21-16-10-11-16/h3-9,12,16,21H,2,10-11H2,1H3,(H,20,22). The Kier molecular flexibility index (Phi) is 5.57. The first-order chi connectivity index (χ1) is 12.9. The van der Waals surface area contributed by atoms with E-state index < -0.39 is 21.9 Å². The van der Waals surface area contributed by atoms with Crippen molar-refractivity contribution < 1.29 is 22.7 Å². The third-order valence-electron chi connectivity index (χ3n) is 3.96. The number of ether oxygens (including phenoxy) is 1. The van der Waals surface area contributed by atoms with Crippen LogP contribution in [0.2, 0.25) is 0 Å². The molecule has 1 fully saturated rings. The molecular formula is C19H20N2O5S. The van der Waals surface area contributed by atoms with E-state index in [1.807, 2.05) is 0 Å². The van der Waals surface area contributed by atoms with Gasteiger partial charge in [-0.2, -0.15) is 0 Å². The van der Waals surface area contributed by atoms with Crippen LogP contribution in [0.5, 0.6) is 0 Å². The van der Waals surface area contributed by atoms with Gasteiger partial charge in [0, 0.05) is 17.3 Å². The van der Waals surface area contributed by atoms with E-state index in [0.717, 1.165) is 12.8 Å². The molecule has 2 N–H and O–H groups in total. The number of hydrogen-bond donors (Lipinski definition) is 2. The number of carbonyl (C=O) groups is 2. The van der Waals surface area contributed by atoms with E-state index in [1.165, 1.54) is 18.2 Å². The molecule has 0 heterocycles. The maximum atomic E-state index is 12.4. The lowest BCUT2D eigenvalue weighted by Gasteiger charge is -2.09. The van der Waals surface area contributed by atoms with Gasteiger partial charge in [-0.25, -0.2) is 17.9 Å². The Hall–Kier alpha value is -2.71. The number of hydrogen-bond acceptors (Lipinski definition) is 5. The number of benzene rings is 2. The van der Waals surface area contributed by atoms with Crippen molar-refractivity contribution in [3.05, 3.63) is 59.7 Å². The highest BCUT2D eigenvalue weighted by Gasteiger charge is 2.28. The molecule has 3 rings (SSSR count). The number of anilines is 1. The monoisotopic (exact) mass is 388 g/mol. The van der Waals surface area contributed by atoms with Crippen molar-refractivity contribution >= 4 is 27.6 Å². The Morgan fingerprint density at radius 1 is 1.07 bits per heavy atom. The average Bonchev–Trinajstić information content (AvgIpc) is 3.46. The average molecular weight is 388 g/mol. The summed E-state index contributed by atoms with van der Waals surface area (Å²) in [5.74, 6) is -0.876. The van der Waals surface area contributed by atoms with Gasteiger partial charge in [0.05, 0.1) is 17.1 Å². The third-order valence-corrected chi connectivity index (χ3v) is 5.48. The van der Waals surface area contributed by atoms with Gasteiger partial charge in [0.2, 0.25) is 10.0 Å². The molecule has 8 heteroatoms. The van der Waals surface area contributed by atoms with Crippen LogP contribution >= 0.6 is 0 Å². The first-order valence-corrected chi connectivity index (χ1v) is 10.1. The van der Waals surface area contributed by atoms with Crippen LogP contribution < -0.4 is 10.0 Å². The Labute approximate surface area is 157 Å². The zero-order valence-electron chi connectivity index (χ0n) is 14.8. The highest BCUT2D eigenvalue weighted by molar-refractivity contribution is 7.89. The molecule has 7 nitrogen and oxygen atoms in total. The van der Waals surface area contributed by atoms with E-state index >= 15 is 0 Å². The van der Waals surface area contributed by atoms with Gasteiger partial charge in [-0.15, -0.1) is 0 Å². The topological polar surface area (TPSA) is 102 Å². The maximum Gasteiger partial charge on any atom is 0.338 e. The van der Waals surface area contributed by atoms with Gasteiger partial charge >= 0.3 is 5.97 Å². The molecular weight excluding hydrogens is 368 g/mol. The van der Waals surface area contributed by atoms with Crippen LogP contribution in [0.25, 0.3) is 0 Å². The minimum absolute atomic E-state index is 0.00889. The summed E-state index contributed by atoms with van der Waals surface area (Å²) in [7, 11) is -3.63. The first-order valence-electron chi connectivity index (χ1n) is 8.60. The highest BCUT2D eigenvalue weighted by Crippen LogP contribution is 2.22. The lowest BCUT2D eigenvalue weighted by Crippen LogP contribution is -2.26. The van der Waals surface area contributed by atoms with Crippen molar-refractivity contribution in [1.29, 1.82) is 0 Å². The van der Waals surface area contributed by atoms with Gasteiger partial charge in [-0.05, 0) is 62.2 Å². The minimum Gasteiger partial charge on any atom is -0.462 e. The van der Waals surface area contributed by atoms with Gasteiger partial charge in [-0.1, -0.05) is 6.07 Å². The molecule has 1 aliphatic carbocycles. The molecule has 1 saturated carbocycles. The van der Waals surface area contributed by atoms with Gasteiger partial charge in [0.25, 0.3) is 5.91 Å². The molecule has 1 aliphatic rings. The van der Waals surface area contributed by atoms with Crippen molar-refractivity contribution in [1.82, 2.24) is 4.72 Å². The van der Waals surface area contributed by atoms with Crippen molar-refractivity contribution in [2.75, 3.05) is 11.9 Å². The van der Waals surface area contributed by atoms with Crippen molar-refractivity contribution in [3.63, 3.8) is 0 Å². The molecule has 0 atom stereocenters. The number of esters is 1. The van der Waals surface area contributed by atoms with Gasteiger partial charge in [0.15, 0.2) is 0 Å². The quantitative estimate of drug-likeness (QED) is 0.710. The predicted octanol–water partition coefficient (Wildman–Crippen LogP) is 2.56. The van der Waals surface area contributed by atoms with E-state index in [1.54, 1.807) is 37.3 Å². The van der Waals surface area contributed by atoms with Gasteiger partial charge in [-0.3, -0.25) is 4.79 Å². The Morgan fingerprint density at radius 2 is 1.78 bits per heavy atom. The predicted molar refractivity (Wildman–Crippen MR) is 100 cm³/mol.